The fourth-order valence-electron chi connectivity index (χ4n) is 2.42. The molecule has 2 N–H and O–H groups in total. The van der Waals surface area contributed by atoms with Gasteiger partial charge in [-0.3, -0.25) is 4.79 Å². The fraction of sp³-hybridized carbons (Fsp3) is 0.316. The third-order valence-electron chi connectivity index (χ3n) is 3.85. The van der Waals surface area contributed by atoms with Crippen molar-refractivity contribution in [3.8, 4) is 0 Å². The van der Waals surface area contributed by atoms with E-state index >= 15 is 0 Å². The van der Waals surface area contributed by atoms with Crippen molar-refractivity contribution in [2.75, 3.05) is 6.54 Å². The van der Waals surface area contributed by atoms with E-state index in [0.29, 0.717) is 11.6 Å². The van der Waals surface area contributed by atoms with Crippen molar-refractivity contribution in [2.24, 2.45) is 0 Å². The molecule has 0 spiro atoms. The number of benzene rings is 2. The Kier molecular flexibility index (Phi) is 7.63. The summed E-state index contributed by atoms with van der Waals surface area (Å²) in [5, 5.41) is 3.25. The molecule has 0 aliphatic heterocycles. The summed E-state index contributed by atoms with van der Waals surface area (Å²) in [5.41, 5.74) is 0.877. The maximum absolute atomic E-state index is 12.6. The van der Waals surface area contributed by atoms with Gasteiger partial charge in [0.15, 0.2) is 0 Å². The number of carbonyl (C=O) groups excluding carboxylic acids is 1. The van der Waals surface area contributed by atoms with Crippen LogP contribution in [0.3, 0.4) is 0 Å². The normalized spacial score (nSPS) is 12.5. The van der Waals surface area contributed by atoms with Crippen molar-refractivity contribution in [1.29, 1.82) is 0 Å². The third-order valence-corrected chi connectivity index (χ3v) is 5.59. The predicted octanol–water partition coefficient (Wildman–Crippen LogP) is 3.15. The number of rotatable bonds is 9. The number of hydrogen-bond donors (Lipinski definition) is 2. The lowest BCUT2D eigenvalue weighted by Crippen LogP contribution is -2.48. The van der Waals surface area contributed by atoms with Gasteiger partial charge < -0.3 is 5.32 Å². The van der Waals surface area contributed by atoms with Crippen LogP contribution in [0.5, 0.6) is 0 Å². The van der Waals surface area contributed by atoms with Gasteiger partial charge in [-0.05, 0) is 42.7 Å². The lowest BCUT2D eigenvalue weighted by atomic mass is 10.1. The quantitative estimate of drug-likeness (QED) is 0.641. The molecule has 5 nitrogen and oxygen atoms in total. The SMILES string of the molecule is CCCCNC(=O)[C@H](Cc1ccccc1)NS(=O)(=O)c1ccc(Cl)cc1. The van der Waals surface area contributed by atoms with Gasteiger partial charge in [0, 0.05) is 11.6 Å². The van der Waals surface area contributed by atoms with E-state index in [4.69, 9.17) is 11.6 Å². The average molecular weight is 395 g/mol. The van der Waals surface area contributed by atoms with Gasteiger partial charge in [0.2, 0.25) is 15.9 Å². The Bertz CT molecular complexity index is 808. The van der Waals surface area contributed by atoms with E-state index in [-0.39, 0.29) is 17.2 Å². The standard InChI is InChI=1S/C19H23ClN2O3S/c1-2-3-13-21-19(23)18(14-15-7-5-4-6-8-15)22-26(24,25)17-11-9-16(20)10-12-17/h4-12,18,22H,2-3,13-14H2,1H3,(H,21,23)/t18-/m0/s1. The van der Waals surface area contributed by atoms with Crippen LogP contribution in [0.1, 0.15) is 25.3 Å². The van der Waals surface area contributed by atoms with Crippen LogP contribution >= 0.6 is 11.6 Å². The third kappa shape index (κ3) is 6.12. The van der Waals surface area contributed by atoms with Crippen LogP contribution in [0, 0.1) is 0 Å². The lowest BCUT2D eigenvalue weighted by molar-refractivity contribution is -0.122. The summed E-state index contributed by atoms with van der Waals surface area (Å²) in [6, 6.07) is 14.3. The van der Waals surface area contributed by atoms with E-state index in [9.17, 15) is 13.2 Å². The van der Waals surface area contributed by atoms with E-state index in [1.54, 1.807) is 0 Å². The highest BCUT2D eigenvalue weighted by molar-refractivity contribution is 7.89. The Balaban J connectivity index is 2.19. The molecule has 0 heterocycles. The number of hydrogen-bond acceptors (Lipinski definition) is 3. The van der Waals surface area contributed by atoms with Gasteiger partial charge in [0.1, 0.15) is 6.04 Å². The largest absolute Gasteiger partial charge is 0.355 e. The molecular weight excluding hydrogens is 372 g/mol. The molecule has 0 aliphatic carbocycles. The van der Waals surface area contributed by atoms with E-state index in [1.807, 2.05) is 37.3 Å². The topological polar surface area (TPSA) is 75.3 Å². The zero-order chi connectivity index (χ0) is 19.0. The molecule has 2 aromatic carbocycles. The molecule has 1 amide bonds. The summed E-state index contributed by atoms with van der Waals surface area (Å²) in [4.78, 5) is 12.6. The smallest absolute Gasteiger partial charge is 0.241 e. The highest BCUT2D eigenvalue weighted by Gasteiger charge is 2.25. The fourth-order valence-corrected chi connectivity index (χ4v) is 3.74. The maximum atomic E-state index is 12.6. The van der Waals surface area contributed by atoms with Crippen molar-refractivity contribution in [3.05, 3.63) is 65.2 Å². The number of halogens is 1. The number of sulfonamides is 1. The van der Waals surface area contributed by atoms with Gasteiger partial charge in [-0.2, -0.15) is 4.72 Å². The summed E-state index contributed by atoms with van der Waals surface area (Å²) in [5.74, 6) is -0.333. The molecule has 2 rings (SSSR count). The second-order valence-corrected chi connectivity index (χ2v) is 8.11. The predicted molar refractivity (Wildman–Crippen MR) is 104 cm³/mol. The molecule has 7 heteroatoms. The van der Waals surface area contributed by atoms with Crippen LogP contribution in [0.4, 0.5) is 0 Å². The molecule has 0 aromatic heterocycles. The summed E-state index contributed by atoms with van der Waals surface area (Å²) in [7, 11) is -3.84. The lowest BCUT2D eigenvalue weighted by Gasteiger charge is -2.19. The van der Waals surface area contributed by atoms with Crippen molar-refractivity contribution in [2.45, 2.75) is 37.1 Å². The molecule has 0 saturated carbocycles. The average Bonchev–Trinajstić information content (AvgIpc) is 2.62. The first-order valence-electron chi connectivity index (χ1n) is 8.52. The Hall–Kier alpha value is -1.89. The molecule has 0 unspecified atom stereocenters. The summed E-state index contributed by atoms with van der Waals surface area (Å²) < 4.78 is 27.8. The van der Waals surface area contributed by atoms with Gasteiger partial charge in [-0.1, -0.05) is 55.3 Å². The molecule has 0 aliphatic rings. The molecule has 2 aromatic rings. The van der Waals surface area contributed by atoms with Crippen molar-refractivity contribution < 1.29 is 13.2 Å². The minimum atomic E-state index is -3.84. The molecule has 0 saturated heterocycles. The van der Waals surface area contributed by atoms with E-state index in [0.717, 1.165) is 18.4 Å². The Labute approximate surface area is 159 Å². The Morgan fingerprint density at radius 3 is 2.35 bits per heavy atom. The summed E-state index contributed by atoms with van der Waals surface area (Å²) in [6.07, 6.45) is 2.06. The van der Waals surface area contributed by atoms with Crippen molar-refractivity contribution in [3.63, 3.8) is 0 Å². The monoisotopic (exact) mass is 394 g/mol. The summed E-state index contributed by atoms with van der Waals surface area (Å²) in [6.45, 7) is 2.54. The second kappa shape index (κ2) is 9.71. The summed E-state index contributed by atoms with van der Waals surface area (Å²) >= 11 is 5.82. The van der Waals surface area contributed by atoms with Crippen LogP contribution in [0.2, 0.25) is 5.02 Å². The first-order chi connectivity index (χ1) is 12.4. The minimum Gasteiger partial charge on any atom is -0.355 e. The number of nitrogens with one attached hydrogen (secondary N) is 2. The van der Waals surface area contributed by atoms with E-state index in [1.165, 1.54) is 24.3 Å². The highest BCUT2D eigenvalue weighted by Crippen LogP contribution is 2.15. The van der Waals surface area contributed by atoms with Gasteiger partial charge in [0.25, 0.3) is 0 Å². The van der Waals surface area contributed by atoms with Crippen LogP contribution in [0.15, 0.2) is 59.5 Å². The van der Waals surface area contributed by atoms with Gasteiger partial charge in [-0.15, -0.1) is 0 Å². The second-order valence-electron chi connectivity index (χ2n) is 5.96. The first kappa shape index (κ1) is 20.4. The number of amides is 1. The van der Waals surface area contributed by atoms with Crippen molar-refractivity contribution >= 4 is 27.5 Å². The van der Waals surface area contributed by atoms with Gasteiger partial charge in [-0.25, -0.2) is 8.42 Å². The molecule has 26 heavy (non-hydrogen) atoms. The zero-order valence-corrected chi connectivity index (χ0v) is 16.2. The van der Waals surface area contributed by atoms with Crippen LogP contribution in [0.25, 0.3) is 0 Å². The van der Waals surface area contributed by atoms with E-state index < -0.39 is 16.1 Å². The van der Waals surface area contributed by atoms with Crippen LogP contribution < -0.4 is 10.0 Å². The van der Waals surface area contributed by atoms with Crippen LogP contribution in [-0.4, -0.2) is 26.9 Å². The number of unbranched alkanes of at least 4 members (excludes halogenated alkanes) is 1. The van der Waals surface area contributed by atoms with E-state index in [2.05, 4.69) is 10.0 Å². The molecule has 0 fully saturated rings. The first-order valence-corrected chi connectivity index (χ1v) is 10.4. The highest BCUT2D eigenvalue weighted by atomic mass is 35.5. The molecule has 0 radical (unpaired) electrons. The Morgan fingerprint density at radius 2 is 1.73 bits per heavy atom. The van der Waals surface area contributed by atoms with Crippen LogP contribution in [-0.2, 0) is 21.2 Å². The van der Waals surface area contributed by atoms with Gasteiger partial charge in [0.05, 0.1) is 4.90 Å². The van der Waals surface area contributed by atoms with Gasteiger partial charge >= 0.3 is 0 Å². The molecular formula is C19H23ClN2O3S. The maximum Gasteiger partial charge on any atom is 0.241 e. The Morgan fingerprint density at radius 1 is 1.08 bits per heavy atom. The molecule has 1 atom stereocenters. The van der Waals surface area contributed by atoms with Crippen molar-refractivity contribution in [1.82, 2.24) is 10.0 Å². The number of carbonyl (C=O) groups is 1. The zero-order valence-electron chi connectivity index (χ0n) is 14.6. The molecule has 140 valence electrons. The molecule has 0 bridgehead atoms. The minimum absolute atomic E-state index is 0.0707.